The van der Waals surface area contributed by atoms with Gasteiger partial charge in [0.1, 0.15) is 11.9 Å². The van der Waals surface area contributed by atoms with Gasteiger partial charge in [-0.05, 0) is 36.6 Å². The molecular weight excluding hydrogens is 321 g/mol. The highest BCUT2D eigenvalue weighted by Crippen LogP contribution is 2.37. The van der Waals surface area contributed by atoms with Gasteiger partial charge in [-0.25, -0.2) is 19.2 Å². The Morgan fingerprint density at radius 3 is 2.64 bits per heavy atom. The van der Waals surface area contributed by atoms with Gasteiger partial charge in [0, 0.05) is 12.7 Å². The van der Waals surface area contributed by atoms with E-state index in [0.29, 0.717) is 12.2 Å². The molecule has 0 spiro atoms. The summed E-state index contributed by atoms with van der Waals surface area (Å²) < 4.78 is 12.9. The average molecular weight is 339 g/mol. The monoisotopic (exact) mass is 339 g/mol. The number of aromatic nitrogens is 2. The number of halogens is 1. The van der Waals surface area contributed by atoms with Crippen LogP contribution in [0.5, 0.6) is 0 Å². The molecule has 1 saturated carbocycles. The van der Waals surface area contributed by atoms with E-state index in [9.17, 15) is 9.18 Å². The van der Waals surface area contributed by atoms with Crippen LogP contribution < -0.4 is 10.6 Å². The number of nitrogens with one attached hydrogen (secondary N) is 2. The zero-order valence-corrected chi connectivity index (χ0v) is 13.6. The number of nitrogens with zero attached hydrogens (tertiary/aromatic N) is 3. The van der Waals surface area contributed by atoms with Crippen LogP contribution in [-0.2, 0) is 12.1 Å². The molecule has 1 fully saturated rings. The summed E-state index contributed by atoms with van der Waals surface area (Å²) in [6.07, 6.45) is 5.02. The van der Waals surface area contributed by atoms with Crippen molar-refractivity contribution in [2.24, 2.45) is 0 Å². The Bertz CT molecular complexity index is 794. The van der Waals surface area contributed by atoms with Crippen molar-refractivity contribution in [3.63, 3.8) is 0 Å². The molecule has 128 valence electrons. The van der Waals surface area contributed by atoms with E-state index in [2.05, 4.69) is 20.6 Å². The molecule has 0 unspecified atom stereocenters. The van der Waals surface area contributed by atoms with Gasteiger partial charge in [-0.15, -0.1) is 0 Å². The van der Waals surface area contributed by atoms with Crippen molar-refractivity contribution in [2.45, 2.75) is 37.8 Å². The van der Waals surface area contributed by atoms with Crippen molar-refractivity contribution in [2.75, 3.05) is 0 Å². The third-order valence-corrected chi connectivity index (χ3v) is 4.42. The molecule has 2 N–H and O–H groups in total. The molecule has 2 amide bonds. The maximum absolute atomic E-state index is 12.9. The standard InChI is InChI=1S/C18H18FN5O/c19-14-5-3-13(4-6-14)12-22-17(25)24-18(8-1-2-9-18)15-7-10-21-16(11-20)23-15/h3-7,10H,1-2,8-9,12H2,(H2,22,24,25). The molecule has 1 aliphatic carbocycles. The van der Waals surface area contributed by atoms with E-state index in [1.807, 2.05) is 6.07 Å². The number of carbonyl (C=O) groups excluding carboxylic acids is 1. The molecule has 7 heteroatoms. The van der Waals surface area contributed by atoms with Crippen LogP contribution in [0.1, 0.15) is 42.8 Å². The Balaban J connectivity index is 1.70. The van der Waals surface area contributed by atoms with Gasteiger partial charge in [0.2, 0.25) is 5.82 Å². The maximum Gasteiger partial charge on any atom is 0.315 e. The summed E-state index contributed by atoms with van der Waals surface area (Å²) in [7, 11) is 0. The largest absolute Gasteiger partial charge is 0.334 e. The van der Waals surface area contributed by atoms with E-state index in [4.69, 9.17) is 5.26 Å². The van der Waals surface area contributed by atoms with Crippen molar-refractivity contribution in [3.8, 4) is 6.07 Å². The molecule has 1 aromatic carbocycles. The summed E-state index contributed by atoms with van der Waals surface area (Å²) in [5.74, 6) is -0.215. The first-order chi connectivity index (χ1) is 12.1. The quantitative estimate of drug-likeness (QED) is 0.896. The first kappa shape index (κ1) is 16.8. The number of urea groups is 1. The number of benzene rings is 1. The number of nitriles is 1. The Morgan fingerprint density at radius 1 is 1.24 bits per heavy atom. The van der Waals surface area contributed by atoms with Gasteiger partial charge in [-0.2, -0.15) is 5.26 Å². The topological polar surface area (TPSA) is 90.7 Å². The van der Waals surface area contributed by atoms with E-state index < -0.39 is 5.54 Å². The summed E-state index contributed by atoms with van der Waals surface area (Å²) in [6, 6.07) is 9.33. The highest BCUT2D eigenvalue weighted by Gasteiger charge is 2.38. The van der Waals surface area contributed by atoms with E-state index >= 15 is 0 Å². The summed E-state index contributed by atoms with van der Waals surface area (Å²) in [5, 5.41) is 14.8. The van der Waals surface area contributed by atoms with Gasteiger partial charge >= 0.3 is 6.03 Å². The van der Waals surface area contributed by atoms with Crippen LogP contribution in [0.2, 0.25) is 0 Å². The van der Waals surface area contributed by atoms with Crippen molar-refractivity contribution < 1.29 is 9.18 Å². The summed E-state index contributed by atoms with van der Waals surface area (Å²) in [5.41, 5.74) is 0.890. The lowest BCUT2D eigenvalue weighted by atomic mass is 9.93. The molecule has 2 aromatic rings. The Morgan fingerprint density at radius 2 is 1.96 bits per heavy atom. The van der Waals surface area contributed by atoms with Gasteiger partial charge < -0.3 is 10.6 Å². The van der Waals surface area contributed by atoms with Crippen molar-refractivity contribution in [1.29, 1.82) is 5.26 Å². The van der Waals surface area contributed by atoms with Crippen molar-refractivity contribution in [3.05, 3.63) is 59.4 Å². The fraction of sp³-hybridized carbons (Fsp3) is 0.333. The number of amides is 2. The molecular formula is C18H18FN5O. The molecule has 1 heterocycles. The van der Waals surface area contributed by atoms with E-state index in [-0.39, 0.29) is 17.7 Å². The lowest BCUT2D eigenvalue weighted by molar-refractivity contribution is 0.223. The summed E-state index contributed by atoms with van der Waals surface area (Å²) in [4.78, 5) is 20.5. The minimum absolute atomic E-state index is 0.0947. The molecule has 3 rings (SSSR count). The zero-order valence-electron chi connectivity index (χ0n) is 13.6. The summed E-state index contributed by atoms with van der Waals surface area (Å²) in [6.45, 7) is 0.301. The molecule has 0 radical (unpaired) electrons. The minimum Gasteiger partial charge on any atom is -0.334 e. The number of hydrogen-bond donors (Lipinski definition) is 2. The second-order valence-electron chi connectivity index (χ2n) is 6.10. The predicted octanol–water partition coefficient (Wildman–Crippen LogP) is 2.76. The van der Waals surface area contributed by atoms with E-state index in [1.54, 1.807) is 24.4 Å². The van der Waals surface area contributed by atoms with E-state index in [1.165, 1.54) is 12.1 Å². The van der Waals surface area contributed by atoms with Gasteiger partial charge in [-0.1, -0.05) is 25.0 Å². The zero-order chi connectivity index (χ0) is 17.7. The second kappa shape index (κ2) is 7.26. The lowest BCUT2D eigenvalue weighted by Crippen LogP contribution is -2.48. The Kier molecular flexibility index (Phi) is 4.89. The number of hydrogen-bond acceptors (Lipinski definition) is 4. The third-order valence-electron chi connectivity index (χ3n) is 4.42. The van der Waals surface area contributed by atoms with Gasteiger partial charge in [0.05, 0.1) is 11.2 Å². The molecule has 0 aliphatic heterocycles. The number of rotatable bonds is 4. The molecule has 0 atom stereocenters. The van der Waals surface area contributed by atoms with Gasteiger partial charge in [0.25, 0.3) is 0 Å². The molecule has 0 saturated heterocycles. The first-order valence-electron chi connectivity index (χ1n) is 8.15. The van der Waals surface area contributed by atoms with Crippen LogP contribution >= 0.6 is 0 Å². The average Bonchev–Trinajstić information content (AvgIpc) is 3.11. The summed E-state index contributed by atoms with van der Waals surface area (Å²) >= 11 is 0. The fourth-order valence-corrected chi connectivity index (χ4v) is 3.15. The normalized spacial score (nSPS) is 15.4. The highest BCUT2D eigenvalue weighted by atomic mass is 19.1. The SMILES string of the molecule is N#Cc1nccc(C2(NC(=O)NCc3ccc(F)cc3)CCCC2)n1. The predicted molar refractivity (Wildman–Crippen MR) is 88.7 cm³/mol. The minimum atomic E-state index is -0.582. The van der Waals surface area contributed by atoms with Crippen LogP contribution in [0.4, 0.5) is 9.18 Å². The fourth-order valence-electron chi connectivity index (χ4n) is 3.15. The molecule has 1 aromatic heterocycles. The molecule has 1 aliphatic rings. The van der Waals surface area contributed by atoms with Crippen LogP contribution in [-0.4, -0.2) is 16.0 Å². The Hall–Kier alpha value is -3.01. The van der Waals surface area contributed by atoms with Crippen molar-refractivity contribution >= 4 is 6.03 Å². The smallest absolute Gasteiger partial charge is 0.315 e. The van der Waals surface area contributed by atoms with Gasteiger partial charge in [0.15, 0.2) is 0 Å². The second-order valence-corrected chi connectivity index (χ2v) is 6.10. The van der Waals surface area contributed by atoms with E-state index in [0.717, 1.165) is 31.2 Å². The highest BCUT2D eigenvalue weighted by molar-refractivity contribution is 5.75. The molecule has 0 bridgehead atoms. The van der Waals surface area contributed by atoms with Crippen LogP contribution in [0.3, 0.4) is 0 Å². The molecule has 25 heavy (non-hydrogen) atoms. The lowest BCUT2D eigenvalue weighted by Gasteiger charge is -2.29. The van der Waals surface area contributed by atoms with Crippen LogP contribution in [0, 0.1) is 17.1 Å². The van der Waals surface area contributed by atoms with Gasteiger partial charge in [-0.3, -0.25) is 0 Å². The van der Waals surface area contributed by atoms with Crippen LogP contribution in [0.25, 0.3) is 0 Å². The van der Waals surface area contributed by atoms with Crippen LogP contribution in [0.15, 0.2) is 36.5 Å². The number of carbonyl (C=O) groups is 1. The maximum atomic E-state index is 12.9. The molecule has 6 nitrogen and oxygen atoms in total. The first-order valence-corrected chi connectivity index (χ1v) is 8.15. The third kappa shape index (κ3) is 3.91. The van der Waals surface area contributed by atoms with Crippen molar-refractivity contribution in [1.82, 2.24) is 20.6 Å². The Labute approximate surface area is 145 Å².